The van der Waals surface area contributed by atoms with Crippen molar-refractivity contribution in [1.82, 2.24) is 62.1 Å². The molecular formula is C63H101FN12O25Si. The Balaban J connectivity index is 2.15. The minimum atomic E-state index is -3.77. The molecule has 0 spiro atoms. The van der Waals surface area contributed by atoms with Gasteiger partial charge in [-0.05, 0) is 78.8 Å². The highest BCUT2D eigenvalue weighted by Crippen LogP contribution is 2.51. The summed E-state index contributed by atoms with van der Waals surface area (Å²) in [6, 6.07) is -5.06. The van der Waals surface area contributed by atoms with Gasteiger partial charge in [0.25, 0.3) is 14.3 Å². The second kappa shape index (κ2) is 43.7. The predicted molar refractivity (Wildman–Crippen MR) is 360 cm³/mol. The summed E-state index contributed by atoms with van der Waals surface area (Å²) in [5, 5.41) is 114. The van der Waals surface area contributed by atoms with E-state index in [9.17, 15) is 113 Å². The number of nitrogens with one attached hydrogen (secondary N) is 8. The number of unbranched alkanes of at least 4 members (excludes halogenated alkanes) is 1. The molecular weight excluding hydrogens is 1370 g/mol. The Morgan fingerprint density at radius 1 is 0.431 bits per heavy atom. The summed E-state index contributed by atoms with van der Waals surface area (Å²) in [5.74, 6) is -16.1. The van der Waals surface area contributed by atoms with Crippen LogP contribution in [0.25, 0.3) is 0 Å². The molecule has 0 radical (unpaired) electrons. The van der Waals surface area contributed by atoms with Crippen LogP contribution in [0.2, 0.25) is 10.1 Å². The molecule has 8 amide bonds. The molecule has 1 aliphatic rings. The van der Waals surface area contributed by atoms with Crippen LogP contribution in [0.3, 0.4) is 0 Å². The van der Waals surface area contributed by atoms with E-state index in [0.29, 0.717) is 5.19 Å². The number of hydrogen-bond donors (Lipinski definition) is 18. The zero-order valence-corrected chi connectivity index (χ0v) is 59.2. The molecule has 1 saturated heterocycles. The Bertz CT molecular complexity index is 3000. The SMILES string of the molecule is CC(C)(C)[Si](F)(c1ccc(C(=O)NC[C@@H](NC(=O)CC[C@@H](C(=O)O)N2CCN(CC(=O)O)CCN(CC(=O)O)CCN(CC(=O)O)CC2)C(=O)N[C@H](CCCCNC(=O)CCC(=O)NCCC[C@@H](NC(=O)CC[C@H](NC(=O)N[C@@H](CCC(O)O)C(=O)O)C(=O)O)C(=O)O)C(=O)O)cc1)C(C)(C)C. The number of urea groups is 1. The van der Waals surface area contributed by atoms with Crippen LogP contribution in [0.4, 0.5) is 8.90 Å². The lowest BCUT2D eigenvalue weighted by Gasteiger charge is -2.44. The van der Waals surface area contributed by atoms with E-state index in [4.69, 9.17) is 10.2 Å². The van der Waals surface area contributed by atoms with Crippen molar-refractivity contribution in [2.24, 2.45) is 0 Å². The number of carbonyl (C=O) groups excluding carboxylic acids is 7. The molecule has 1 fully saturated rings. The Morgan fingerprint density at radius 3 is 1.25 bits per heavy atom. The molecule has 39 heteroatoms. The van der Waals surface area contributed by atoms with Gasteiger partial charge in [-0.1, -0.05) is 53.7 Å². The van der Waals surface area contributed by atoms with E-state index >= 15 is 4.11 Å². The first-order valence-electron chi connectivity index (χ1n) is 33.2. The van der Waals surface area contributed by atoms with Crippen LogP contribution in [0.1, 0.15) is 135 Å². The second-order valence-corrected chi connectivity index (χ2v) is 31.6. The van der Waals surface area contributed by atoms with Gasteiger partial charge in [0.15, 0.2) is 6.29 Å². The lowest BCUT2D eigenvalue weighted by Crippen LogP contribution is -2.58. The highest BCUT2D eigenvalue weighted by Gasteiger charge is 2.56. The van der Waals surface area contributed by atoms with Crippen molar-refractivity contribution in [3.63, 3.8) is 0 Å². The number of carbonyl (C=O) groups is 15. The molecule has 1 heterocycles. The zero-order chi connectivity index (χ0) is 77.2. The third-order valence-corrected chi connectivity index (χ3v) is 22.0. The molecule has 37 nitrogen and oxygen atoms in total. The van der Waals surface area contributed by atoms with Crippen molar-refractivity contribution in [3.05, 3.63) is 29.8 Å². The van der Waals surface area contributed by atoms with Gasteiger partial charge in [0.05, 0.1) is 19.6 Å². The fourth-order valence-electron chi connectivity index (χ4n) is 11.4. The summed E-state index contributed by atoms with van der Waals surface area (Å²) in [6.45, 7) is 8.46. The first-order chi connectivity index (χ1) is 47.5. The van der Waals surface area contributed by atoms with Crippen molar-refractivity contribution in [2.45, 2.75) is 178 Å². The minimum absolute atomic E-state index is 0.00332. The quantitative estimate of drug-likeness (QED) is 0.0139. The number of aliphatic carboxylic acids is 8. The number of carboxylic acid groups (broad SMARTS) is 8. The number of hydrogen-bond acceptors (Lipinski definition) is 21. The fraction of sp³-hybridized carbons (Fsp3) is 0.667. The molecule has 0 saturated carbocycles. The van der Waals surface area contributed by atoms with Crippen molar-refractivity contribution < 1.29 is 127 Å². The Labute approximate surface area is 589 Å². The van der Waals surface area contributed by atoms with E-state index in [1.807, 2.05) is 10.6 Å². The summed E-state index contributed by atoms with van der Waals surface area (Å²) >= 11 is 0. The Hall–Kier alpha value is -9.02. The summed E-state index contributed by atoms with van der Waals surface area (Å²) in [5.41, 5.74) is 0.0392. The van der Waals surface area contributed by atoms with Gasteiger partial charge >= 0.3 is 53.8 Å². The van der Waals surface area contributed by atoms with E-state index in [1.165, 1.54) is 43.9 Å². The molecule has 2 rings (SSSR count). The molecule has 6 atom stereocenters. The average Bonchev–Trinajstić information content (AvgIpc) is 0.748. The third kappa shape index (κ3) is 33.2. The van der Waals surface area contributed by atoms with Gasteiger partial charge < -0.3 is 97.7 Å². The highest BCUT2D eigenvalue weighted by atomic mass is 28.4. The number of aliphatic hydroxyl groups excluding tert-OH is 1. The molecule has 0 aromatic heterocycles. The van der Waals surface area contributed by atoms with Crippen LogP contribution in [-0.2, 0) is 62.3 Å². The van der Waals surface area contributed by atoms with Crippen LogP contribution < -0.4 is 47.7 Å². The molecule has 0 bridgehead atoms. The maximum atomic E-state index is 17.1. The van der Waals surface area contributed by atoms with Crippen LogP contribution in [-0.4, -0.2) is 302 Å². The number of benzene rings is 1. The van der Waals surface area contributed by atoms with E-state index < -0.39 is 215 Å². The zero-order valence-electron chi connectivity index (χ0n) is 58.2. The average molecular weight is 1470 g/mol. The van der Waals surface area contributed by atoms with Crippen LogP contribution >= 0.6 is 0 Å². The van der Waals surface area contributed by atoms with Crippen molar-refractivity contribution in [1.29, 1.82) is 0 Å². The molecule has 0 unspecified atom stereocenters. The molecule has 102 heavy (non-hydrogen) atoms. The number of amides is 8. The van der Waals surface area contributed by atoms with Gasteiger partial charge in [0.2, 0.25) is 29.5 Å². The normalized spacial score (nSPS) is 15.7. The Kier molecular flexibility index (Phi) is 38.2. The first-order valence-corrected chi connectivity index (χ1v) is 35.1. The Morgan fingerprint density at radius 2 is 0.824 bits per heavy atom. The highest BCUT2D eigenvalue weighted by molar-refractivity contribution is 6.90. The summed E-state index contributed by atoms with van der Waals surface area (Å²) < 4.78 is 17.1. The van der Waals surface area contributed by atoms with E-state index in [1.54, 1.807) is 41.5 Å². The van der Waals surface area contributed by atoms with E-state index in [2.05, 4.69) is 31.9 Å². The lowest BCUT2D eigenvalue weighted by atomic mass is 10.1. The van der Waals surface area contributed by atoms with Crippen molar-refractivity contribution in [3.8, 4) is 0 Å². The fourth-order valence-corrected chi connectivity index (χ4v) is 16.0. The van der Waals surface area contributed by atoms with Gasteiger partial charge in [-0.2, -0.15) is 0 Å². The number of halogens is 1. The van der Waals surface area contributed by atoms with Crippen LogP contribution in [0.5, 0.6) is 0 Å². The van der Waals surface area contributed by atoms with Gasteiger partial charge in [0.1, 0.15) is 36.3 Å². The maximum Gasteiger partial charge on any atom is 0.326 e. The number of carboxylic acids is 8. The molecule has 1 aromatic rings. The number of rotatable bonds is 43. The standard InChI is InChI=1S/C63H101FN12O25Si/c1-62(2,3)102(64,63(4,5)6)39-14-12-38(13-15-39)54(89)67-34-44(69-49(80)20-18-45(60(99)100)76-32-30-74(36-52(85)86)28-26-73(35-51(83)84)27-29-75(31-33-76)37-53(87)88)55(90)70-41(57(93)94)10-7-8-24-65-46(77)21-22-47(78)66-25-9-11-40(56(91)92)68-48(79)19-16-42(58(95)96)71-61(101)72-43(59(97)98)17-23-50(81)82/h12-15,40-45,50,81-82H,7-11,16-37H2,1-6H3,(H,65,77)(H,66,78)(H,67,89)(H,68,79)(H,69,80)(H,70,90)(H,83,84)(H,85,86)(H,87,88)(H,91,92)(H,93,94)(H,95,96)(H,97,98)(H,99,100)(H2,71,72,101)/t40-,41-,42+,43+,44-,45+/m1/s1. The molecule has 1 aromatic carbocycles. The molecule has 1 aliphatic heterocycles. The van der Waals surface area contributed by atoms with Gasteiger partial charge in [-0.25, -0.2) is 24.0 Å². The maximum absolute atomic E-state index is 17.1. The first kappa shape index (κ1) is 89.1. The smallest absolute Gasteiger partial charge is 0.326 e. The lowest BCUT2D eigenvalue weighted by molar-refractivity contribution is -0.145. The third-order valence-electron chi connectivity index (χ3n) is 16.7. The van der Waals surface area contributed by atoms with Gasteiger partial charge in [-0.3, -0.25) is 67.5 Å². The van der Waals surface area contributed by atoms with Crippen LogP contribution in [0.15, 0.2) is 24.3 Å². The van der Waals surface area contributed by atoms with Gasteiger partial charge in [0, 0.05) is 110 Å². The second-order valence-electron chi connectivity index (χ2n) is 26.7. The molecule has 574 valence electrons. The topological polar surface area (TPSA) is 568 Å². The van der Waals surface area contributed by atoms with E-state index in [-0.39, 0.29) is 116 Å². The molecule has 18 N–H and O–H groups in total. The number of aliphatic hydroxyl groups is 2. The van der Waals surface area contributed by atoms with E-state index in [0.717, 1.165) is 0 Å². The number of nitrogens with zero attached hydrogens (tertiary/aromatic N) is 4. The van der Waals surface area contributed by atoms with Crippen molar-refractivity contribution >= 4 is 103 Å². The summed E-state index contributed by atoms with van der Waals surface area (Å²) in [7, 11) is -3.77. The summed E-state index contributed by atoms with van der Waals surface area (Å²) in [4.78, 5) is 194. The van der Waals surface area contributed by atoms with Crippen molar-refractivity contribution in [2.75, 3.05) is 91.6 Å². The molecule has 0 aliphatic carbocycles. The largest absolute Gasteiger partial charge is 0.480 e. The minimum Gasteiger partial charge on any atom is -0.480 e. The van der Waals surface area contributed by atoms with Gasteiger partial charge in [-0.15, -0.1) is 0 Å². The summed E-state index contributed by atoms with van der Waals surface area (Å²) in [6.07, 6.45) is -5.78. The predicted octanol–water partition coefficient (Wildman–Crippen LogP) is -2.49. The van der Waals surface area contributed by atoms with Crippen LogP contribution in [0, 0.1) is 0 Å². The monoisotopic (exact) mass is 1470 g/mol.